The first kappa shape index (κ1) is 14.5. The van der Waals surface area contributed by atoms with Crippen LogP contribution in [0.15, 0.2) is 0 Å². The third-order valence-corrected chi connectivity index (χ3v) is 4.23. The van der Waals surface area contributed by atoms with E-state index >= 15 is 0 Å². The highest BCUT2D eigenvalue weighted by atomic mass is 32.2. The van der Waals surface area contributed by atoms with Crippen molar-refractivity contribution in [1.82, 2.24) is 10.2 Å². The molecule has 6 nitrogen and oxygen atoms in total. The molecule has 1 unspecified atom stereocenters. The van der Waals surface area contributed by atoms with E-state index in [2.05, 4.69) is 5.32 Å². The van der Waals surface area contributed by atoms with Crippen molar-refractivity contribution in [3.63, 3.8) is 0 Å². The van der Waals surface area contributed by atoms with Crippen LogP contribution in [0.25, 0.3) is 0 Å². The second kappa shape index (κ2) is 7.00. The number of carbonyl (C=O) groups is 2. The molecule has 1 atom stereocenters. The summed E-state index contributed by atoms with van der Waals surface area (Å²) in [4.78, 5) is 24.1. The fourth-order valence-corrected chi connectivity index (χ4v) is 3.00. The summed E-state index contributed by atoms with van der Waals surface area (Å²) in [7, 11) is 0. The topological polar surface area (TPSA) is 78.9 Å². The van der Waals surface area contributed by atoms with E-state index in [1.54, 1.807) is 0 Å². The summed E-state index contributed by atoms with van der Waals surface area (Å²) in [6.07, 6.45) is 3.32. The molecule has 0 bridgehead atoms. The molecule has 1 saturated heterocycles. The lowest BCUT2D eigenvalue weighted by Crippen LogP contribution is -2.47. The summed E-state index contributed by atoms with van der Waals surface area (Å²) in [5.41, 5.74) is 0. The van der Waals surface area contributed by atoms with Crippen LogP contribution < -0.4 is 5.32 Å². The quantitative estimate of drug-likeness (QED) is 0.683. The summed E-state index contributed by atoms with van der Waals surface area (Å²) in [5, 5.41) is 11.7. The minimum Gasteiger partial charge on any atom is -0.480 e. The number of nitrogens with zero attached hydrogens (tertiary/aromatic N) is 1. The first-order valence-corrected chi connectivity index (χ1v) is 7.76. The number of rotatable bonds is 7. The smallest absolute Gasteiger partial charge is 0.327 e. The number of carbonyl (C=O) groups excluding carboxylic acids is 1. The van der Waals surface area contributed by atoms with Gasteiger partial charge in [0.15, 0.2) is 0 Å². The van der Waals surface area contributed by atoms with Gasteiger partial charge in [0.2, 0.25) is 0 Å². The molecule has 0 radical (unpaired) electrons. The second-order valence-corrected chi connectivity index (χ2v) is 5.93. The molecule has 1 aliphatic heterocycles. The van der Waals surface area contributed by atoms with Gasteiger partial charge in [0.1, 0.15) is 6.04 Å². The van der Waals surface area contributed by atoms with Crippen LogP contribution in [0.3, 0.4) is 0 Å². The summed E-state index contributed by atoms with van der Waals surface area (Å²) in [5.74, 6) is 0.731. The van der Waals surface area contributed by atoms with Crippen LogP contribution in [-0.4, -0.2) is 59.4 Å². The molecule has 0 aromatic heterocycles. The summed E-state index contributed by atoms with van der Waals surface area (Å²) in [6, 6.07) is -0.990. The number of thioether (sulfide) groups is 1. The van der Waals surface area contributed by atoms with E-state index < -0.39 is 12.0 Å². The highest BCUT2D eigenvalue weighted by Crippen LogP contribution is 2.28. The van der Waals surface area contributed by atoms with Crippen LogP contribution in [0.1, 0.15) is 19.3 Å². The van der Waals surface area contributed by atoms with Crippen molar-refractivity contribution in [2.24, 2.45) is 5.92 Å². The zero-order valence-electron chi connectivity index (χ0n) is 10.8. The Balaban J connectivity index is 1.56. The third kappa shape index (κ3) is 4.58. The Hall–Kier alpha value is -0.950. The summed E-state index contributed by atoms with van der Waals surface area (Å²) < 4.78 is 5.46. The molecule has 108 valence electrons. The highest BCUT2D eigenvalue weighted by Gasteiger charge is 2.34. The molecule has 1 saturated carbocycles. The van der Waals surface area contributed by atoms with Crippen LogP contribution in [0.2, 0.25) is 0 Å². The van der Waals surface area contributed by atoms with Crippen LogP contribution in [0.5, 0.6) is 0 Å². The number of hydrogen-bond donors (Lipinski definition) is 2. The van der Waals surface area contributed by atoms with Gasteiger partial charge in [-0.25, -0.2) is 9.59 Å². The molecule has 1 heterocycles. The Labute approximate surface area is 116 Å². The first-order valence-electron chi connectivity index (χ1n) is 6.61. The maximum Gasteiger partial charge on any atom is 0.327 e. The largest absolute Gasteiger partial charge is 0.480 e. The lowest BCUT2D eigenvalue weighted by atomic mass is 10.3. The van der Waals surface area contributed by atoms with E-state index in [4.69, 9.17) is 9.84 Å². The number of aliphatic carboxylic acids is 1. The van der Waals surface area contributed by atoms with Gasteiger partial charge in [0, 0.05) is 25.5 Å². The van der Waals surface area contributed by atoms with Crippen molar-refractivity contribution >= 4 is 23.8 Å². The van der Waals surface area contributed by atoms with Gasteiger partial charge in [-0.3, -0.25) is 0 Å². The predicted octanol–water partition coefficient (Wildman–Crippen LogP) is 0.972. The maximum absolute atomic E-state index is 11.8. The summed E-state index contributed by atoms with van der Waals surface area (Å²) in [6.45, 7) is 2.00. The lowest BCUT2D eigenvalue weighted by molar-refractivity contribution is -0.140. The fraction of sp³-hybridized carbons (Fsp3) is 0.833. The molecule has 2 N–H and O–H groups in total. The number of carboxylic acids is 1. The molecule has 2 aliphatic rings. The highest BCUT2D eigenvalue weighted by molar-refractivity contribution is 7.99. The number of urea groups is 1. The average Bonchev–Trinajstić information content (AvgIpc) is 3.06. The van der Waals surface area contributed by atoms with E-state index in [1.165, 1.54) is 29.5 Å². The monoisotopic (exact) mass is 288 g/mol. The number of carboxylic acid groups (broad SMARTS) is 1. The van der Waals surface area contributed by atoms with Crippen LogP contribution >= 0.6 is 11.8 Å². The van der Waals surface area contributed by atoms with E-state index in [-0.39, 0.29) is 6.03 Å². The number of nitrogens with one attached hydrogen (secondary N) is 1. The maximum atomic E-state index is 11.8. The lowest BCUT2D eigenvalue weighted by Gasteiger charge is -2.20. The van der Waals surface area contributed by atoms with Gasteiger partial charge in [-0.05, 0) is 25.2 Å². The van der Waals surface area contributed by atoms with Crippen LogP contribution in [0, 0.1) is 5.92 Å². The number of ether oxygens (including phenoxy) is 1. The van der Waals surface area contributed by atoms with Crippen molar-refractivity contribution in [3.05, 3.63) is 0 Å². The fourth-order valence-electron chi connectivity index (χ4n) is 1.85. The molecule has 2 fully saturated rings. The minimum atomic E-state index is -0.937. The second-order valence-electron chi connectivity index (χ2n) is 4.93. The molecular weight excluding hydrogens is 268 g/mol. The number of amides is 2. The van der Waals surface area contributed by atoms with E-state index in [0.717, 1.165) is 18.9 Å². The van der Waals surface area contributed by atoms with E-state index in [1.807, 2.05) is 0 Å². The van der Waals surface area contributed by atoms with Gasteiger partial charge >= 0.3 is 12.0 Å². The predicted molar refractivity (Wildman–Crippen MR) is 72.1 cm³/mol. The first-order chi connectivity index (χ1) is 9.18. The average molecular weight is 288 g/mol. The van der Waals surface area contributed by atoms with E-state index in [0.29, 0.717) is 24.8 Å². The number of hydrogen-bond acceptors (Lipinski definition) is 4. The molecule has 19 heavy (non-hydrogen) atoms. The molecule has 7 heteroatoms. The Kier molecular flexibility index (Phi) is 5.33. The van der Waals surface area contributed by atoms with E-state index in [9.17, 15) is 9.59 Å². The Morgan fingerprint density at radius 2 is 2.21 bits per heavy atom. The van der Waals surface area contributed by atoms with Gasteiger partial charge in [0.05, 0.1) is 5.88 Å². The van der Waals surface area contributed by atoms with Gasteiger partial charge in [-0.2, -0.15) is 0 Å². The van der Waals surface area contributed by atoms with Gasteiger partial charge in [-0.1, -0.05) is 0 Å². The SMILES string of the molecule is O=C(O)C1CSCN1C(=O)NCCCOCC1CC1. The molecule has 0 spiro atoms. The zero-order chi connectivity index (χ0) is 13.7. The molecular formula is C12H20N2O4S. The zero-order valence-corrected chi connectivity index (χ0v) is 11.7. The normalized spacial score (nSPS) is 22.5. The molecule has 0 aromatic carbocycles. The molecule has 0 aromatic rings. The van der Waals surface area contributed by atoms with Gasteiger partial charge < -0.3 is 20.1 Å². The van der Waals surface area contributed by atoms with Crippen molar-refractivity contribution in [3.8, 4) is 0 Å². The molecule has 1 aliphatic carbocycles. The standard InChI is InChI=1S/C12H20N2O4S/c15-11(16)10-7-19-8-14(10)12(17)13-4-1-5-18-6-9-2-3-9/h9-10H,1-8H2,(H,13,17)(H,15,16). The van der Waals surface area contributed by atoms with Crippen molar-refractivity contribution < 1.29 is 19.4 Å². The van der Waals surface area contributed by atoms with Crippen LogP contribution in [-0.2, 0) is 9.53 Å². The Morgan fingerprint density at radius 3 is 2.89 bits per heavy atom. The summed E-state index contributed by atoms with van der Waals surface area (Å²) >= 11 is 1.46. The third-order valence-electron chi connectivity index (χ3n) is 3.22. The Bertz CT molecular complexity index is 336. The van der Waals surface area contributed by atoms with Gasteiger partial charge in [-0.15, -0.1) is 11.8 Å². The van der Waals surface area contributed by atoms with Crippen LogP contribution in [0.4, 0.5) is 4.79 Å². The minimum absolute atomic E-state index is 0.292. The van der Waals surface area contributed by atoms with Crippen molar-refractivity contribution in [2.75, 3.05) is 31.4 Å². The van der Waals surface area contributed by atoms with Gasteiger partial charge in [0.25, 0.3) is 0 Å². The molecule has 2 rings (SSSR count). The molecule has 2 amide bonds. The Morgan fingerprint density at radius 1 is 1.42 bits per heavy atom. The van der Waals surface area contributed by atoms with Crippen molar-refractivity contribution in [1.29, 1.82) is 0 Å². The van der Waals surface area contributed by atoms with Crippen molar-refractivity contribution in [2.45, 2.75) is 25.3 Å².